The minimum Gasteiger partial charge on any atom is -0.462 e. The van der Waals surface area contributed by atoms with Gasteiger partial charge in [-0.3, -0.25) is 4.79 Å². The third-order valence-electron chi connectivity index (χ3n) is 3.77. The maximum Gasteiger partial charge on any atom is 0.335 e. The Morgan fingerprint density at radius 2 is 1.60 bits per heavy atom. The Morgan fingerprint density at radius 1 is 1.00 bits per heavy atom. The highest BCUT2D eigenvalue weighted by atomic mass is 32.2. The van der Waals surface area contributed by atoms with E-state index in [1.54, 1.807) is 30.3 Å². The van der Waals surface area contributed by atoms with Crippen LogP contribution < -0.4 is 0 Å². The molecule has 1 heterocycles. The molecule has 0 saturated carbocycles. The fraction of sp³-hybridized carbons (Fsp3) is 0.412. The summed E-state index contributed by atoms with van der Waals surface area (Å²) in [7, 11) is -4.14. The number of ether oxygens (including phenoxy) is 3. The lowest BCUT2D eigenvalue weighted by Crippen LogP contribution is -2.35. The summed E-state index contributed by atoms with van der Waals surface area (Å²) in [5, 5.41) is -2.87. The number of benzene rings is 1. The van der Waals surface area contributed by atoms with Crippen LogP contribution >= 0.6 is 0 Å². The highest BCUT2D eigenvalue weighted by Crippen LogP contribution is 2.33. The SMILES string of the molecule is C=C1C(=O)OCCOCCOC(=O)C(C)S(=O)(=O)C1c1ccccc1. The van der Waals surface area contributed by atoms with Crippen LogP contribution in [-0.4, -0.2) is 52.0 Å². The van der Waals surface area contributed by atoms with E-state index in [4.69, 9.17) is 14.2 Å². The zero-order chi connectivity index (χ0) is 18.4. The second-order valence-corrected chi connectivity index (χ2v) is 7.82. The molecule has 0 radical (unpaired) electrons. The molecule has 0 N–H and O–H groups in total. The van der Waals surface area contributed by atoms with Gasteiger partial charge < -0.3 is 14.2 Å². The molecule has 1 fully saturated rings. The first-order valence-corrected chi connectivity index (χ1v) is 9.34. The lowest BCUT2D eigenvalue weighted by Gasteiger charge is -2.22. The molecule has 0 bridgehead atoms. The van der Waals surface area contributed by atoms with Gasteiger partial charge >= 0.3 is 11.9 Å². The van der Waals surface area contributed by atoms with Crippen molar-refractivity contribution >= 4 is 21.8 Å². The predicted octanol–water partition coefficient (Wildman–Crippen LogP) is 1.20. The Bertz CT molecular complexity index is 740. The van der Waals surface area contributed by atoms with Gasteiger partial charge in [0, 0.05) is 0 Å². The molecule has 2 atom stereocenters. The van der Waals surface area contributed by atoms with Crippen molar-refractivity contribution in [1.29, 1.82) is 0 Å². The van der Waals surface area contributed by atoms with Crippen LogP contribution in [0.2, 0.25) is 0 Å². The molecule has 0 amide bonds. The second-order valence-electron chi connectivity index (χ2n) is 5.46. The van der Waals surface area contributed by atoms with Crippen molar-refractivity contribution in [3.8, 4) is 0 Å². The fourth-order valence-corrected chi connectivity index (χ4v) is 4.14. The molecule has 8 heteroatoms. The van der Waals surface area contributed by atoms with Gasteiger partial charge in [-0.05, 0) is 12.5 Å². The Morgan fingerprint density at radius 3 is 2.24 bits per heavy atom. The van der Waals surface area contributed by atoms with Crippen LogP contribution in [-0.2, 0) is 33.6 Å². The standard InChI is InChI=1S/C17H20O7S/c1-12-15(14-6-4-3-5-7-14)25(20,21)13(2)17(19)24-11-9-22-8-10-23-16(12)18/h3-7,13,15H,1,8-11H2,2H3. The van der Waals surface area contributed by atoms with Gasteiger partial charge in [0.15, 0.2) is 15.1 Å². The summed E-state index contributed by atoms with van der Waals surface area (Å²) in [5.41, 5.74) is 0.0697. The summed E-state index contributed by atoms with van der Waals surface area (Å²) in [6, 6.07) is 8.11. The average Bonchev–Trinajstić information content (AvgIpc) is 2.60. The van der Waals surface area contributed by atoms with Crippen LogP contribution in [0.15, 0.2) is 42.5 Å². The van der Waals surface area contributed by atoms with E-state index in [1.807, 2.05) is 0 Å². The van der Waals surface area contributed by atoms with Crippen molar-refractivity contribution in [3.05, 3.63) is 48.0 Å². The lowest BCUT2D eigenvalue weighted by atomic mass is 10.1. The average molecular weight is 368 g/mol. The first-order chi connectivity index (χ1) is 11.9. The van der Waals surface area contributed by atoms with E-state index < -0.39 is 32.3 Å². The normalized spacial score (nSPS) is 25.7. The third-order valence-corrected chi connectivity index (χ3v) is 6.16. The Balaban J connectivity index is 2.48. The molecule has 1 aromatic carbocycles. The van der Waals surface area contributed by atoms with Crippen molar-refractivity contribution in [2.75, 3.05) is 26.4 Å². The lowest BCUT2D eigenvalue weighted by molar-refractivity contribution is -0.144. The first kappa shape index (κ1) is 19.1. The van der Waals surface area contributed by atoms with Crippen LogP contribution in [0.1, 0.15) is 17.7 Å². The van der Waals surface area contributed by atoms with Gasteiger partial charge in [-0.25, -0.2) is 13.2 Å². The van der Waals surface area contributed by atoms with Crippen LogP contribution in [0.25, 0.3) is 0 Å². The van der Waals surface area contributed by atoms with Crippen LogP contribution in [0.4, 0.5) is 0 Å². The van der Waals surface area contributed by atoms with E-state index in [0.29, 0.717) is 5.56 Å². The number of carbonyl (C=O) groups excluding carboxylic acids is 2. The molecule has 1 saturated heterocycles. The molecule has 0 spiro atoms. The van der Waals surface area contributed by atoms with Gasteiger partial charge in [-0.1, -0.05) is 36.9 Å². The number of rotatable bonds is 1. The van der Waals surface area contributed by atoms with E-state index >= 15 is 0 Å². The summed E-state index contributed by atoms with van der Waals surface area (Å²) >= 11 is 0. The summed E-state index contributed by atoms with van der Waals surface area (Å²) in [4.78, 5) is 24.3. The number of hydrogen-bond donors (Lipinski definition) is 0. The van der Waals surface area contributed by atoms with Gasteiger partial charge in [0.05, 0.1) is 18.8 Å². The molecule has 1 aliphatic heterocycles. The number of esters is 2. The minimum absolute atomic E-state index is 0.0527. The number of carbonyl (C=O) groups is 2. The van der Waals surface area contributed by atoms with Crippen molar-refractivity contribution in [1.82, 2.24) is 0 Å². The fourth-order valence-electron chi connectivity index (χ4n) is 2.37. The predicted molar refractivity (Wildman–Crippen MR) is 89.4 cm³/mol. The quantitative estimate of drug-likeness (QED) is 0.543. The largest absolute Gasteiger partial charge is 0.462 e. The monoisotopic (exact) mass is 368 g/mol. The summed E-state index contributed by atoms with van der Waals surface area (Å²) in [6.07, 6.45) is 0. The highest BCUT2D eigenvalue weighted by Gasteiger charge is 2.41. The molecule has 1 aliphatic rings. The van der Waals surface area contributed by atoms with E-state index in [-0.39, 0.29) is 32.0 Å². The zero-order valence-electron chi connectivity index (χ0n) is 13.8. The summed E-state index contributed by atoms with van der Waals surface area (Å²) in [6.45, 7) is 4.90. The summed E-state index contributed by atoms with van der Waals surface area (Å²) in [5.74, 6) is -1.74. The van der Waals surface area contributed by atoms with Gasteiger partial charge in [-0.15, -0.1) is 0 Å². The molecule has 136 valence electrons. The zero-order valence-corrected chi connectivity index (χ0v) is 14.7. The smallest absolute Gasteiger partial charge is 0.335 e. The molecule has 1 aromatic rings. The van der Waals surface area contributed by atoms with E-state index in [2.05, 4.69) is 6.58 Å². The Hall–Kier alpha value is -2.19. The van der Waals surface area contributed by atoms with Gasteiger partial charge in [0.2, 0.25) is 0 Å². The molecule has 0 aliphatic carbocycles. The van der Waals surface area contributed by atoms with Gasteiger partial charge in [-0.2, -0.15) is 0 Å². The van der Waals surface area contributed by atoms with Gasteiger partial charge in [0.25, 0.3) is 0 Å². The van der Waals surface area contributed by atoms with Crippen molar-refractivity contribution in [3.63, 3.8) is 0 Å². The second kappa shape index (κ2) is 8.26. The highest BCUT2D eigenvalue weighted by molar-refractivity contribution is 7.93. The van der Waals surface area contributed by atoms with Crippen molar-refractivity contribution in [2.24, 2.45) is 0 Å². The topological polar surface area (TPSA) is 96.0 Å². The van der Waals surface area contributed by atoms with Crippen molar-refractivity contribution in [2.45, 2.75) is 17.4 Å². The van der Waals surface area contributed by atoms with Gasteiger partial charge in [0.1, 0.15) is 18.5 Å². The maximum absolute atomic E-state index is 13.0. The first-order valence-electron chi connectivity index (χ1n) is 7.73. The number of cyclic esters (lactones) is 2. The van der Waals surface area contributed by atoms with E-state index in [1.165, 1.54) is 6.92 Å². The third kappa shape index (κ3) is 4.46. The van der Waals surface area contributed by atoms with Crippen LogP contribution in [0, 0.1) is 0 Å². The molecule has 0 aromatic heterocycles. The Kier molecular flexibility index (Phi) is 6.33. The molecule has 25 heavy (non-hydrogen) atoms. The molecule has 2 rings (SSSR count). The molecule has 7 nitrogen and oxygen atoms in total. The minimum atomic E-state index is -4.14. The van der Waals surface area contributed by atoms with E-state index in [9.17, 15) is 18.0 Å². The van der Waals surface area contributed by atoms with Crippen LogP contribution in [0.3, 0.4) is 0 Å². The maximum atomic E-state index is 13.0. The molecular formula is C17H20O7S. The number of hydrogen-bond acceptors (Lipinski definition) is 7. The Labute approximate surface area is 146 Å². The summed E-state index contributed by atoms with van der Waals surface area (Å²) < 4.78 is 41.1. The van der Waals surface area contributed by atoms with Crippen molar-refractivity contribution < 1.29 is 32.2 Å². The van der Waals surface area contributed by atoms with E-state index in [0.717, 1.165) is 0 Å². The number of sulfone groups is 1. The molecular weight excluding hydrogens is 348 g/mol. The molecule has 2 unspecified atom stereocenters. The van der Waals surface area contributed by atoms with Crippen LogP contribution in [0.5, 0.6) is 0 Å².